The summed E-state index contributed by atoms with van der Waals surface area (Å²) in [5.74, 6) is -1.58. The first-order valence-electron chi connectivity index (χ1n) is 6.86. The van der Waals surface area contributed by atoms with E-state index in [1.807, 2.05) is 0 Å². The first-order valence-corrected chi connectivity index (χ1v) is 6.86. The molecule has 18 heavy (non-hydrogen) atoms. The molecule has 0 atom stereocenters. The fourth-order valence-corrected chi connectivity index (χ4v) is 2.82. The van der Waals surface area contributed by atoms with Crippen molar-refractivity contribution in [3.8, 4) is 0 Å². The van der Waals surface area contributed by atoms with E-state index in [4.69, 9.17) is 4.84 Å². The zero-order valence-electron chi connectivity index (χ0n) is 10.7. The van der Waals surface area contributed by atoms with Crippen molar-refractivity contribution in [2.45, 2.75) is 51.4 Å². The van der Waals surface area contributed by atoms with E-state index in [9.17, 15) is 14.7 Å². The molecule has 2 rings (SSSR count). The van der Waals surface area contributed by atoms with Crippen molar-refractivity contribution in [2.24, 2.45) is 5.41 Å². The molecule has 5 heteroatoms. The summed E-state index contributed by atoms with van der Waals surface area (Å²) in [7, 11) is 0. The molecule has 1 heterocycles. The Balaban J connectivity index is 2.01. The predicted octanol–water partition coefficient (Wildman–Crippen LogP) is 1.97. The van der Waals surface area contributed by atoms with Crippen molar-refractivity contribution in [2.75, 3.05) is 13.1 Å². The van der Waals surface area contributed by atoms with Gasteiger partial charge in [0, 0.05) is 13.1 Å². The maximum absolute atomic E-state index is 12.2. The minimum atomic E-state index is -1.30. The number of carbonyl (C=O) groups excluding carboxylic acids is 1. The molecule has 0 spiro atoms. The number of aliphatic carboxylic acids is 1. The molecule has 0 amide bonds. The normalized spacial score (nSPS) is 24.4. The Morgan fingerprint density at radius 3 is 2.06 bits per heavy atom. The molecule has 0 unspecified atom stereocenters. The second-order valence-electron chi connectivity index (χ2n) is 5.32. The Morgan fingerprint density at radius 2 is 1.50 bits per heavy atom. The standard InChI is InChI=1S/C13H21NO4/c15-11(16)13(7-3-1-4-8-13)12(17)18-14-9-5-2-6-10-14/h1-10H2,(H,15,16). The monoisotopic (exact) mass is 255 g/mol. The Hall–Kier alpha value is -1.10. The second-order valence-corrected chi connectivity index (χ2v) is 5.32. The molecule has 1 aliphatic carbocycles. The average molecular weight is 255 g/mol. The van der Waals surface area contributed by atoms with Gasteiger partial charge in [0.2, 0.25) is 0 Å². The highest BCUT2D eigenvalue weighted by molar-refractivity contribution is 5.99. The van der Waals surface area contributed by atoms with Gasteiger partial charge in [0.1, 0.15) is 0 Å². The summed E-state index contributed by atoms with van der Waals surface area (Å²) in [4.78, 5) is 28.9. The molecule has 2 aliphatic rings. The van der Waals surface area contributed by atoms with Gasteiger partial charge >= 0.3 is 11.9 Å². The van der Waals surface area contributed by atoms with Crippen molar-refractivity contribution < 1.29 is 19.5 Å². The lowest BCUT2D eigenvalue weighted by molar-refractivity contribution is -0.211. The Bertz CT molecular complexity index is 317. The SMILES string of the molecule is O=C(O)C1(C(=O)ON2CCCCC2)CCCCC1. The highest BCUT2D eigenvalue weighted by Crippen LogP contribution is 2.38. The van der Waals surface area contributed by atoms with Crippen molar-refractivity contribution in [3.05, 3.63) is 0 Å². The summed E-state index contributed by atoms with van der Waals surface area (Å²) in [6.07, 6.45) is 6.58. The second kappa shape index (κ2) is 5.69. The molecule has 1 saturated carbocycles. The van der Waals surface area contributed by atoms with Gasteiger partial charge in [0.05, 0.1) is 0 Å². The van der Waals surface area contributed by atoms with Crippen molar-refractivity contribution in [3.63, 3.8) is 0 Å². The third-order valence-corrected chi connectivity index (χ3v) is 4.03. The number of carboxylic acid groups (broad SMARTS) is 1. The summed E-state index contributed by atoms with van der Waals surface area (Å²) >= 11 is 0. The summed E-state index contributed by atoms with van der Waals surface area (Å²) in [6, 6.07) is 0. The zero-order valence-corrected chi connectivity index (χ0v) is 10.7. The number of carbonyl (C=O) groups is 2. The largest absolute Gasteiger partial charge is 0.480 e. The molecule has 5 nitrogen and oxygen atoms in total. The van der Waals surface area contributed by atoms with E-state index in [0.29, 0.717) is 12.8 Å². The molecule has 2 fully saturated rings. The Kier molecular flexibility index (Phi) is 4.22. The van der Waals surface area contributed by atoms with Gasteiger partial charge in [-0.15, -0.1) is 5.06 Å². The van der Waals surface area contributed by atoms with Gasteiger partial charge in [-0.05, 0) is 25.7 Å². The van der Waals surface area contributed by atoms with Crippen molar-refractivity contribution >= 4 is 11.9 Å². The maximum atomic E-state index is 12.2. The Labute approximate surface area is 107 Å². The highest BCUT2D eigenvalue weighted by Gasteiger charge is 2.49. The first kappa shape index (κ1) is 13.3. The van der Waals surface area contributed by atoms with Gasteiger partial charge < -0.3 is 9.94 Å². The van der Waals surface area contributed by atoms with E-state index in [2.05, 4.69) is 0 Å². The third-order valence-electron chi connectivity index (χ3n) is 4.03. The fraction of sp³-hybridized carbons (Fsp3) is 0.846. The van der Waals surface area contributed by atoms with Crippen molar-refractivity contribution in [1.29, 1.82) is 0 Å². The molecular weight excluding hydrogens is 234 g/mol. The van der Waals surface area contributed by atoms with Gasteiger partial charge in [0.25, 0.3) is 0 Å². The van der Waals surface area contributed by atoms with Gasteiger partial charge in [0.15, 0.2) is 5.41 Å². The minimum absolute atomic E-state index is 0.412. The number of hydroxylamine groups is 2. The van der Waals surface area contributed by atoms with Crippen LogP contribution in [0.4, 0.5) is 0 Å². The number of hydrogen-bond donors (Lipinski definition) is 1. The van der Waals surface area contributed by atoms with E-state index >= 15 is 0 Å². The summed E-state index contributed by atoms with van der Waals surface area (Å²) in [6.45, 7) is 1.45. The summed E-state index contributed by atoms with van der Waals surface area (Å²) in [5.41, 5.74) is -1.30. The number of rotatable bonds is 3. The highest BCUT2D eigenvalue weighted by atomic mass is 16.7. The van der Waals surface area contributed by atoms with Crippen LogP contribution in [-0.2, 0) is 14.4 Å². The van der Waals surface area contributed by atoms with Gasteiger partial charge in [-0.3, -0.25) is 4.79 Å². The number of piperidine rings is 1. The number of nitrogens with zero attached hydrogens (tertiary/aromatic N) is 1. The summed E-state index contributed by atoms with van der Waals surface area (Å²) in [5, 5.41) is 11.0. The van der Waals surface area contributed by atoms with Gasteiger partial charge in [-0.1, -0.05) is 25.7 Å². The van der Waals surface area contributed by atoms with Gasteiger partial charge in [-0.2, -0.15) is 0 Å². The molecular formula is C13H21NO4. The lowest BCUT2D eigenvalue weighted by Crippen LogP contribution is -2.46. The molecule has 0 aromatic rings. The fourth-order valence-electron chi connectivity index (χ4n) is 2.82. The number of carboxylic acids is 1. The van der Waals surface area contributed by atoms with Crippen molar-refractivity contribution in [1.82, 2.24) is 5.06 Å². The van der Waals surface area contributed by atoms with Crippen LogP contribution in [-0.4, -0.2) is 35.2 Å². The number of hydrogen-bond acceptors (Lipinski definition) is 4. The van der Waals surface area contributed by atoms with Crippen LogP contribution in [0, 0.1) is 5.41 Å². The van der Waals surface area contributed by atoms with Crippen LogP contribution in [0.25, 0.3) is 0 Å². The zero-order chi connectivity index (χ0) is 13.0. The topological polar surface area (TPSA) is 66.8 Å². The van der Waals surface area contributed by atoms with E-state index in [1.54, 1.807) is 5.06 Å². The van der Waals surface area contributed by atoms with Crippen LogP contribution >= 0.6 is 0 Å². The third kappa shape index (κ3) is 2.66. The first-order chi connectivity index (χ1) is 8.65. The molecule has 1 saturated heterocycles. The Morgan fingerprint density at radius 1 is 0.944 bits per heavy atom. The van der Waals surface area contributed by atoms with Crippen LogP contribution < -0.4 is 0 Å². The molecule has 0 bridgehead atoms. The van der Waals surface area contributed by atoms with Crippen LogP contribution in [0.1, 0.15) is 51.4 Å². The van der Waals surface area contributed by atoms with Crippen LogP contribution in [0.3, 0.4) is 0 Å². The molecule has 102 valence electrons. The molecule has 1 N–H and O–H groups in total. The molecule has 0 aromatic heterocycles. The summed E-state index contributed by atoms with van der Waals surface area (Å²) < 4.78 is 0. The van der Waals surface area contributed by atoms with E-state index in [0.717, 1.165) is 51.6 Å². The van der Waals surface area contributed by atoms with E-state index in [-0.39, 0.29) is 0 Å². The predicted molar refractivity (Wildman–Crippen MR) is 64.7 cm³/mol. The average Bonchev–Trinajstić information content (AvgIpc) is 2.40. The lowest BCUT2D eigenvalue weighted by atomic mass is 9.74. The van der Waals surface area contributed by atoms with Gasteiger partial charge in [-0.25, -0.2) is 4.79 Å². The lowest BCUT2D eigenvalue weighted by Gasteiger charge is -2.33. The van der Waals surface area contributed by atoms with Crippen LogP contribution in [0.5, 0.6) is 0 Å². The molecule has 0 radical (unpaired) electrons. The smallest absolute Gasteiger partial charge is 0.342 e. The van der Waals surface area contributed by atoms with Crippen LogP contribution in [0.15, 0.2) is 0 Å². The molecule has 1 aliphatic heterocycles. The van der Waals surface area contributed by atoms with E-state index in [1.165, 1.54) is 0 Å². The van der Waals surface area contributed by atoms with E-state index < -0.39 is 17.4 Å². The quantitative estimate of drug-likeness (QED) is 0.781. The maximum Gasteiger partial charge on any atom is 0.342 e. The molecule has 0 aromatic carbocycles. The minimum Gasteiger partial charge on any atom is -0.480 e. The van der Waals surface area contributed by atoms with Crippen LogP contribution in [0.2, 0.25) is 0 Å².